The molecule has 0 aromatic heterocycles. The van der Waals surface area contributed by atoms with Crippen LogP contribution in [0.3, 0.4) is 0 Å². The molecule has 1 aliphatic rings. The maximum atomic E-state index is 9.93. The number of fused-ring (bicyclic) bond motifs is 1. The van der Waals surface area contributed by atoms with Crippen LogP contribution < -0.4 is 0 Å². The Morgan fingerprint density at radius 3 is 3.00 bits per heavy atom. The van der Waals surface area contributed by atoms with Gasteiger partial charge in [-0.1, -0.05) is 41.1 Å². The predicted molar refractivity (Wildman–Crippen MR) is 61.8 cm³/mol. The second-order valence-electron chi connectivity index (χ2n) is 4.05. The van der Waals surface area contributed by atoms with Gasteiger partial charge in [0.1, 0.15) is 0 Å². The Kier molecular flexibility index (Phi) is 2.93. The summed E-state index contributed by atoms with van der Waals surface area (Å²) in [6.07, 6.45) is 1.84. The molecule has 2 heteroatoms. The Labute approximate surface area is 93.3 Å². The van der Waals surface area contributed by atoms with Crippen LogP contribution in [0.2, 0.25) is 0 Å². The number of aliphatic hydroxyl groups excluding tert-OH is 1. The second-order valence-corrected chi connectivity index (χ2v) is 4.84. The monoisotopic (exact) mass is 254 g/mol. The van der Waals surface area contributed by atoms with E-state index in [4.69, 9.17) is 0 Å². The summed E-state index contributed by atoms with van der Waals surface area (Å²) in [5, 5.41) is 10.9. The summed E-state index contributed by atoms with van der Waals surface area (Å²) in [7, 11) is 0. The molecule has 0 saturated carbocycles. The van der Waals surface area contributed by atoms with Crippen LogP contribution in [-0.4, -0.2) is 10.4 Å². The van der Waals surface area contributed by atoms with Crippen molar-refractivity contribution >= 4 is 15.9 Å². The number of benzene rings is 1. The largest absolute Gasteiger partial charge is 0.388 e. The Balaban J connectivity index is 2.40. The summed E-state index contributed by atoms with van der Waals surface area (Å²) >= 11 is 3.46. The molecule has 2 atom stereocenters. The number of alkyl halides is 1. The lowest BCUT2D eigenvalue weighted by atomic mass is 10.0. The quantitative estimate of drug-likeness (QED) is 0.805. The van der Waals surface area contributed by atoms with Crippen LogP contribution in [0, 0.1) is 5.92 Å². The van der Waals surface area contributed by atoms with Crippen LogP contribution in [0.15, 0.2) is 18.2 Å². The minimum absolute atomic E-state index is 0.250. The third kappa shape index (κ3) is 1.61. The number of aryl methyl sites for hydroxylation is 1. The molecule has 1 aliphatic carbocycles. The summed E-state index contributed by atoms with van der Waals surface area (Å²) in [5.41, 5.74) is 3.92. The van der Waals surface area contributed by atoms with E-state index < -0.39 is 0 Å². The molecule has 0 saturated heterocycles. The lowest BCUT2D eigenvalue weighted by Gasteiger charge is -2.08. The molecule has 1 N–H and O–H groups in total. The van der Waals surface area contributed by atoms with Crippen molar-refractivity contribution in [2.45, 2.75) is 25.9 Å². The van der Waals surface area contributed by atoms with Crippen LogP contribution in [0.1, 0.15) is 29.7 Å². The normalized spacial score (nSPS) is 25.1. The second kappa shape index (κ2) is 4.03. The minimum Gasteiger partial charge on any atom is -0.388 e. The number of hydrogen-bond acceptors (Lipinski definition) is 1. The Morgan fingerprint density at radius 2 is 2.29 bits per heavy atom. The average molecular weight is 255 g/mol. The molecule has 2 unspecified atom stereocenters. The molecule has 0 aliphatic heterocycles. The third-order valence-corrected chi connectivity index (χ3v) is 3.45. The van der Waals surface area contributed by atoms with E-state index in [2.05, 4.69) is 41.1 Å². The summed E-state index contributed by atoms with van der Waals surface area (Å²) in [6.45, 7) is 2.11. The highest BCUT2D eigenvalue weighted by atomic mass is 79.9. The van der Waals surface area contributed by atoms with Gasteiger partial charge in [-0.15, -0.1) is 0 Å². The highest BCUT2D eigenvalue weighted by molar-refractivity contribution is 9.09. The molecule has 14 heavy (non-hydrogen) atoms. The first-order chi connectivity index (χ1) is 6.74. The van der Waals surface area contributed by atoms with Crippen LogP contribution in [0.25, 0.3) is 0 Å². The van der Waals surface area contributed by atoms with E-state index in [0.717, 1.165) is 23.7 Å². The lowest BCUT2D eigenvalue weighted by molar-refractivity contribution is 0.133. The van der Waals surface area contributed by atoms with Gasteiger partial charge in [0, 0.05) is 5.33 Å². The summed E-state index contributed by atoms with van der Waals surface area (Å²) in [6, 6.07) is 6.28. The first kappa shape index (κ1) is 10.2. The molecule has 2 rings (SSSR count). The molecule has 0 heterocycles. The van der Waals surface area contributed by atoms with Gasteiger partial charge in [0.2, 0.25) is 0 Å². The Morgan fingerprint density at radius 1 is 1.50 bits per heavy atom. The zero-order chi connectivity index (χ0) is 10.1. The molecule has 1 aromatic carbocycles. The smallest absolute Gasteiger partial charge is 0.0821 e. The van der Waals surface area contributed by atoms with E-state index in [1.807, 2.05) is 0 Å². The maximum Gasteiger partial charge on any atom is 0.0821 e. The molecule has 0 radical (unpaired) electrons. The van der Waals surface area contributed by atoms with E-state index in [1.54, 1.807) is 0 Å². The molecular formula is C12H15BrO. The van der Waals surface area contributed by atoms with E-state index >= 15 is 0 Å². The minimum atomic E-state index is -0.250. The Bertz CT molecular complexity index is 335. The van der Waals surface area contributed by atoms with Gasteiger partial charge in [-0.05, 0) is 35.4 Å². The van der Waals surface area contributed by atoms with Gasteiger partial charge in [-0.3, -0.25) is 0 Å². The van der Waals surface area contributed by atoms with Gasteiger partial charge in [0.05, 0.1) is 6.10 Å². The van der Waals surface area contributed by atoms with Gasteiger partial charge < -0.3 is 5.11 Å². The summed E-state index contributed by atoms with van der Waals surface area (Å²) in [4.78, 5) is 0. The van der Waals surface area contributed by atoms with Gasteiger partial charge in [-0.2, -0.15) is 0 Å². The van der Waals surface area contributed by atoms with Gasteiger partial charge >= 0.3 is 0 Å². The van der Waals surface area contributed by atoms with Crippen molar-refractivity contribution in [3.8, 4) is 0 Å². The van der Waals surface area contributed by atoms with Crippen molar-refractivity contribution in [1.82, 2.24) is 0 Å². The van der Waals surface area contributed by atoms with Gasteiger partial charge in [0.25, 0.3) is 0 Å². The fourth-order valence-corrected chi connectivity index (χ4v) is 2.68. The molecule has 1 nitrogen and oxygen atoms in total. The highest BCUT2D eigenvalue weighted by Crippen LogP contribution is 2.37. The first-order valence-electron chi connectivity index (χ1n) is 5.08. The topological polar surface area (TPSA) is 20.2 Å². The summed E-state index contributed by atoms with van der Waals surface area (Å²) < 4.78 is 0. The molecular weight excluding hydrogens is 240 g/mol. The molecule has 76 valence electrons. The number of rotatable bonds is 2. The van der Waals surface area contributed by atoms with E-state index in [1.165, 1.54) is 11.1 Å². The zero-order valence-corrected chi connectivity index (χ0v) is 9.92. The van der Waals surface area contributed by atoms with Gasteiger partial charge in [0.15, 0.2) is 0 Å². The molecule has 1 aromatic rings. The third-order valence-electron chi connectivity index (χ3n) is 3.06. The van der Waals surface area contributed by atoms with Crippen LogP contribution in [0.4, 0.5) is 0 Å². The number of hydrogen-bond donors (Lipinski definition) is 1. The number of aliphatic hydroxyl groups is 1. The van der Waals surface area contributed by atoms with Crippen molar-refractivity contribution in [3.05, 3.63) is 34.9 Å². The van der Waals surface area contributed by atoms with E-state index in [-0.39, 0.29) is 6.10 Å². The van der Waals surface area contributed by atoms with Gasteiger partial charge in [-0.25, -0.2) is 0 Å². The van der Waals surface area contributed by atoms with Crippen molar-refractivity contribution in [1.29, 1.82) is 0 Å². The van der Waals surface area contributed by atoms with Crippen LogP contribution in [-0.2, 0) is 12.8 Å². The number of halogens is 1. The SMILES string of the molecule is CC1Cc2c(CCBr)cccc2C1O. The zero-order valence-electron chi connectivity index (χ0n) is 8.33. The van der Waals surface area contributed by atoms with Crippen LogP contribution >= 0.6 is 15.9 Å². The fraction of sp³-hybridized carbons (Fsp3) is 0.500. The molecule has 0 amide bonds. The van der Waals surface area contributed by atoms with Crippen molar-refractivity contribution in [2.75, 3.05) is 5.33 Å². The molecule has 0 bridgehead atoms. The summed E-state index contributed by atoms with van der Waals surface area (Å²) in [5.74, 6) is 0.376. The fourth-order valence-electron chi connectivity index (χ4n) is 2.26. The highest BCUT2D eigenvalue weighted by Gasteiger charge is 2.28. The first-order valence-corrected chi connectivity index (χ1v) is 6.21. The van der Waals surface area contributed by atoms with E-state index in [0.29, 0.717) is 5.92 Å². The maximum absolute atomic E-state index is 9.93. The lowest BCUT2D eigenvalue weighted by Crippen LogP contribution is -2.00. The van der Waals surface area contributed by atoms with Crippen molar-refractivity contribution < 1.29 is 5.11 Å². The standard InChI is InChI=1S/C12H15BrO/c1-8-7-11-9(5-6-13)3-2-4-10(11)12(8)14/h2-4,8,12,14H,5-7H2,1H3. The predicted octanol–water partition coefficient (Wildman–Crippen LogP) is 2.85. The van der Waals surface area contributed by atoms with Crippen LogP contribution in [0.5, 0.6) is 0 Å². The van der Waals surface area contributed by atoms with E-state index in [9.17, 15) is 5.11 Å². The van der Waals surface area contributed by atoms with Crippen molar-refractivity contribution in [3.63, 3.8) is 0 Å². The molecule has 0 fully saturated rings. The Hall–Kier alpha value is -0.340. The average Bonchev–Trinajstić information content (AvgIpc) is 2.46. The van der Waals surface area contributed by atoms with Crippen molar-refractivity contribution in [2.24, 2.45) is 5.92 Å². The molecule has 0 spiro atoms.